The fourth-order valence-corrected chi connectivity index (χ4v) is 3.51. The molecule has 3 rings (SSSR count). The predicted octanol–water partition coefficient (Wildman–Crippen LogP) is 3.15. The van der Waals surface area contributed by atoms with E-state index >= 15 is 0 Å². The van der Waals surface area contributed by atoms with Crippen LogP contribution in [0.4, 0.5) is 0 Å². The highest BCUT2D eigenvalue weighted by atomic mass is 16.1. The van der Waals surface area contributed by atoms with Crippen molar-refractivity contribution in [2.24, 2.45) is 0 Å². The van der Waals surface area contributed by atoms with Crippen molar-refractivity contribution >= 4 is 16.8 Å². The molecule has 23 heavy (non-hydrogen) atoms. The molecule has 4 heteroatoms. The van der Waals surface area contributed by atoms with E-state index in [9.17, 15) is 4.79 Å². The van der Waals surface area contributed by atoms with Crippen LogP contribution >= 0.6 is 0 Å². The molecule has 1 aliphatic heterocycles. The van der Waals surface area contributed by atoms with E-state index in [-0.39, 0.29) is 5.91 Å². The number of aryl methyl sites for hydroxylation is 1. The number of piperidine rings is 1. The van der Waals surface area contributed by atoms with E-state index in [1.807, 2.05) is 37.3 Å². The average molecular weight is 311 g/mol. The van der Waals surface area contributed by atoms with Gasteiger partial charge in [0, 0.05) is 23.7 Å². The molecule has 2 heterocycles. The van der Waals surface area contributed by atoms with Crippen LogP contribution in [0.3, 0.4) is 0 Å². The third kappa shape index (κ3) is 3.53. The highest BCUT2D eigenvalue weighted by molar-refractivity contribution is 6.06. The third-order valence-electron chi connectivity index (χ3n) is 4.74. The van der Waals surface area contributed by atoms with Gasteiger partial charge in [-0.1, -0.05) is 31.5 Å². The molecule has 1 atom stereocenters. The van der Waals surface area contributed by atoms with Gasteiger partial charge in [0.25, 0.3) is 5.91 Å². The molecular formula is C19H25N3O. The molecule has 1 aromatic heterocycles. The van der Waals surface area contributed by atoms with E-state index in [0.29, 0.717) is 6.04 Å². The molecular weight excluding hydrogens is 286 g/mol. The minimum absolute atomic E-state index is 0.00771. The number of aromatic nitrogens is 1. The lowest BCUT2D eigenvalue weighted by molar-refractivity contribution is 0.0919. The summed E-state index contributed by atoms with van der Waals surface area (Å²) in [5.41, 5.74) is 2.49. The number of nitrogens with zero attached hydrogens (tertiary/aromatic N) is 2. The van der Waals surface area contributed by atoms with Gasteiger partial charge in [-0.05, 0) is 45.0 Å². The number of fused-ring (bicyclic) bond motifs is 1. The molecule has 2 aromatic rings. The fraction of sp³-hybridized carbons (Fsp3) is 0.474. The van der Waals surface area contributed by atoms with Crippen molar-refractivity contribution in [2.45, 2.75) is 39.2 Å². The molecule has 0 radical (unpaired) electrons. The molecule has 1 amide bonds. The second-order valence-electron chi connectivity index (χ2n) is 6.32. The van der Waals surface area contributed by atoms with E-state index in [2.05, 4.69) is 22.1 Å². The van der Waals surface area contributed by atoms with Crippen molar-refractivity contribution in [1.29, 1.82) is 0 Å². The molecule has 1 N–H and O–H groups in total. The maximum atomic E-state index is 12.7. The molecule has 1 aromatic carbocycles. The van der Waals surface area contributed by atoms with E-state index in [1.54, 1.807) is 0 Å². The van der Waals surface area contributed by atoms with Gasteiger partial charge in [0.1, 0.15) is 0 Å². The topological polar surface area (TPSA) is 45.2 Å². The number of hydrogen-bond donors (Lipinski definition) is 1. The van der Waals surface area contributed by atoms with Gasteiger partial charge in [0.05, 0.1) is 11.1 Å². The van der Waals surface area contributed by atoms with Gasteiger partial charge < -0.3 is 5.32 Å². The Balaban J connectivity index is 1.76. The smallest absolute Gasteiger partial charge is 0.252 e. The number of rotatable bonds is 4. The first-order chi connectivity index (χ1) is 11.2. The number of carbonyl (C=O) groups excluding carboxylic acids is 1. The molecule has 0 saturated carbocycles. The molecule has 1 fully saturated rings. The van der Waals surface area contributed by atoms with Gasteiger partial charge >= 0.3 is 0 Å². The van der Waals surface area contributed by atoms with Crippen LogP contribution in [0.25, 0.3) is 10.9 Å². The van der Waals surface area contributed by atoms with Crippen LogP contribution in [0.2, 0.25) is 0 Å². The Hall–Kier alpha value is -1.94. The Morgan fingerprint density at radius 1 is 1.35 bits per heavy atom. The van der Waals surface area contributed by atoms with E-state index < -0.39 is 0 Å². The standard InChI is InChI=1S/C19H25N3O/c1-3-22-11-7-6-8-15(22)13-20-19(23)17-12-14(2)21-18-10-5-4-9-16(17)18/h4-5,9-10,12,15H,3,6-8,11,13H2,1-2H3,(H,20,23). The van der Waals surface area contributed by atoms with Gasteiger partial charge in [0.15, 0.2) is 0 Å². The van der Waals surface area contributed by atoms with Crippen LogP contribution in [0, 0.1) is 6.92 Å². The minimum atomic E-state index is 0.00771. The molecule has 4 nitrogen and oxygen atoms in total. The predicted molar refractivity (Wildman–Crippen MR) is 93.7 cm³/mol. The molecule has 1 aliphatic rings. The zero-order valence-corrected chi connectivity index (χ0v) is 14.0. The maximum absolute atomic E-state index is 12.7. The zero-order chi connectivity index (χ0) is 16.2. The summed E-state index contributed by atoms with van der Waals surface area (Å²) in [5.74, 6) is 0.00771. The van der Waals surface area contributed by atoms with Gasteiger partial charge in [-0.15, -0.1) is 0 Å². The van der Waals surface area contributed by atoms with Crippen molar-refractivity contribution < 1.29 is 4.79 Å². The maximum Gasteiger partial charge on any atom is 0.252 e. The first-order valence-electron chi connectivity index (χ1n) is 8.57. The SMILES string of the molecule is CCN1CCCCC1CNC(=O)c1cc(C)nc2ccccc12. The minimum Gasteiger partial charge on any atom is -0.350 e. The van der Waals surface area contributed by atoms with Crippen molar-refractivity contribution in [1.82, 2.24) is 15.2 Å². The van der Waals surface area contributed by atoms with Crippen molar-refractivity contribution in [3.8, 4) is 0 Å². The first kappa shape index (κ1) is 15.9. The van der Waals surface area contributed by atoms with Crippen molar-refractivity contribution in [3.63, 3.8) is 0 Å². The van der Waals surface area contributed by atoms with Gasteiger partial charge in [-0.2, -0.15) is 0 Å². The Morgan fingerprint density at radius 3 is 3.00 bits per heavy atom. The molecule has 122 valence electrons. The van der Waals surface area contributed by atoms with E-state index in [1.165, 1.54) is 19.3 Å². The molecule has 1 unspecified atom stereocenters. The lowest BCUT2D eigenvalue weighted by atomic mass is 10.0. The number of pyridine rings is 1. The lowest BCUT2D eigenvalue weighted by Crippen LogP contribution is -2.46. The zero-order valence-electron chi connectivity index (χ0n) is 14.0. The molecule has 1 saturated heterocycles. The second-order valence-corrected chi connectivity index (χ2v) is 6.32. The highest BCUT2D eigenvalue weighted by Crippen LogP contribution is 2.19. The van der Waals surface area contributed by atoms with Crippen LogP contribution < -0.4 is 5.32 Å². The summed E-state index contributed by atoms with van der Waals surface area (Å²) in [5, 5.41) is 4.07. The number of carbonyl (C=O) groups is 1. The Kier molecular flexibility index (Phi) is 4.91. The van der Waals surface area contributed by atoms with Crippen molar-refractivity contribution in [3.05, 3.63) is 41.6 Å². The summed E-state index contributed by atoms with van der Waals surface area (Å²) in [6, 6.07) is 10.2. The number of hydrogen-bond acceptors (Lipinski definition) is 3. The fourth-order valence-electron chi connectivity index (χ4n) is 3.51. The summed E-state index contributed by atoms with van der Waals surface area (Å²) in [4.78, 5) is 19.7. The summed E-state index contributed by atoms with van der Waals surface area (Å²) < 4.78 is 0. The molecule has 0 spiro atoms. The van der Waals surface area contributed by atoms with E-state index in [4.69, 9.17) is 0 Å². The average Bonchev–Trinajstić information content (AvgIpc) is 2.59. The normalized spacial score (nSPS) is 19.0. The van der Waals surface area contributed by atoms with Crippen molar-refractivity contribution in [2.75, 3.05) is 19.6 Å². The van der Waals surface area contributed by atoms with Crippen LogP contribution in [0.5, 0.6) is 0 Å². The summed E-state index contributed by atoms with van der Waals surface area (Å²) in [6.07, 6.45) is 3.70. The van der Waals surface area contributed by atoms with E-state index in [0.717, 1.165) is 41.8 Å². The Bertz CT molecular complexity index is 698. The summed E-state index contributed by atoms with van der Waals surface area (Å²) in [6.45, 7) is 7.05. The highest BCUT2D eigenvalue weighted by Gasteiger charge is 2.22. The Labute approximate surface area is 137 Å². The first-order valence-corrected chi connectivity index (χ1v) is 8.57. The largest absolute Gasteiger partial charge is 0.350 e. The van der Waals surface area contributed by atoms with Gasteiger partial charge in [-0.25, -0.2) is 0 Å². The summed E-state index contributed by atoms with van der Waals surface area (Å²) in [7, 11) is 0. The quantitative estimate of drug-likeness (QED) is 0.943. The monoisotopic (exact) mass is 311 g/mol. The Morgan fingerprint density at radius 2 is 2.17 bits per heavy atom. The van der Waals surface area contributed by atoms with Crippen LogP contribution in [0.1, 0.15) is 42.2 Å². The van der Waals surface area contributed by atoms with Crippen LogP contribution in [-0.2, 0) is 0 Å². The van der Waals surface area contributed by atoms with Crippen LogP contribution in [-0.4, -0.2) is 41.5 Å². The van der Waals surface area contributed by atoms with Gasteiger partial charge in [-0.3, -0.25) is 14.7 Å². The number of likely N-dealkylation sites (N-methyl/N-ethyl adjacent to an activating group) is 1. The summed E-state index contributed by atoms with van der Waals surface area (Å²) >= 11 is 0. The second kappa shape index (κ2) is 7.09. The number of benzene rings is 1. The molecule has 0 aliphatic carbocycles. The molecule has 0 bridgehead atoms. The van der Waals surface area contributed by atoms with Gasteiger partial charge in [0.2, 0.25) is 0 Å². The third-order valence-corrected chi connectivity index (χ3v) is 4.74. The number of amides is 1. The number of nitrogens with one attached hydrogen (secondary N) is 1. The number of likely N-dealkylation sites (tertiary alicyclic amines) is 1. The number of para-hydroxylation sites is 1. The lowest BCUT2D eigenvalue weighted by Gasteiger charge is -2.34. The van der Waals surface area contributed by atoms with Crippen LogP contribution in [0.15, 0.2) is 30.3 Å².